The molecule has 0 aliphatic heterocycles. The number of alkyl halides is 18. The molecule has 0 unspecified atom stereocenters. The molecule has 0 amide bonds. The molecule has 0 fully saturated rings. The van der Waals surface area contributed by atoms with Gasteiger partial charge in [0.05, 0.1) is 0 Å². The van der Waals surface area contributed by atoms with Gasteiger partial charge in [0.2, 0.25) is 0 Å². The maximum Gasteiger partial charge on any atom is 0.460 e. The molecule has 2 N–H and O–H groups in total. The van der Waals surface area contributed by atoms with Gasteiger partial charge in [-0.2, -0.15) is 79.0 Å². The Morgan fingerprint density at radius 2 is 0.600 bits per heavy atom. The number of rotatable bonds is 6. The third kappa shape index (κ3) is 5.10. The predicted octanol–water partition coefficient (Wildman–Crippen LogP) is 4.89. The molecule has 0 saturated carbocycles. The van der Waals surface area contributed by atoms with Gasteiger partial charge in [0, 0.05) is 0 Å². The number of hydrogen-bond acceptors (Lipinski definition) is 2. The van der Waals surface area contributed by atoms with Crippen LogP contribution >= 0.6 is 0 Å². The van der Waals surface area contributed by atoms with Gasteiger partial charge in [-0.15, -0.1) is 0 Å². The van der Waals surface area contributed by atoms with Gasteiger partial charge in [-0.05, 0) is 0 Å². The second-order valence-corrected chi connectivity index (χ2v) is 5.01. The number of aliphatic hydroxyl groups excluding tert-OH is 2. The zero-order valence-corrected chi connectivity index (χ0v) is 13.1. The van der Waals surface area contributed by atoms with Crippen molar-refractivity contribution >= 4 is 0 Å². The summed E-state index contributed by atoms with van der Waals surface area (Å²) >= 11 is 0. The van der Waals surface area contributed by atoms with Crippen molar-refractivity contribution in [2.45, 2.75) is 47.9 Å². The van der Waals surface area contributed by atoms with Gasteiger partial charge in [-0.3, -0.25) is 0 Å². The van der Waals surface area contributed by atoms with E-state index in [-0.39, 0.29) is 0 Å². The minimum Gasteiger partial charge on any atom is -0.390 e. The van der Waals surface area contributed by atoms with Gasteiger partial charge in [-0.1, -0.05) is 0 Å². The van der Waals surface area contributed by atoms with Gasteiger partial charge >= 0.3 is 47.9 Å². The van der Waals surface area contributed by atoms with Crippen LogP contribution in [0.2, 0.25) is 0 Å². The Kier molecular flexibility index (Phi) is 8.54. The molecule has 0 rings (SSSR count). The third-order valence-electron chi connectivity index (χ3n) is 2.77. The Hall–Kier alpha value is -1.34. The Labute approximate surface area is 152 Å². The maximum atomic E-state index is 12.8. The number of hydrogen-bond donors (Lipinski definition) is 2. The first-order valence-electron chi connectivity index (χ1n) is 6.24. The second kappa shape index (κ2) is 8.30. The van der Waals surface area contributed by atoms with Crippen molar-refractivity contribution in [3.8, 4) is 0 Å². The zero-order valence-electron chi connectivity index (χ0n) is 13.1. The first kappa shape index (κ1) is 30.9. The van der Waals surface area contributed by atoms with Crippen molar-refractivity contribution in [3.05, 3.63) is 0 Å². The summed E-state index contributed by atoms with van der Waals surface area (Å²) in [6.07, 6.45) is -12.0. The van der Waals surface area contributed by atoms with E-state index in [0.717, 1.165) is 0 Å². The van der Waals surface area contributed by atoms with E-state index in [9.17, 15) is 79.0 Å². The normalized spacial score (nSPS) is 15.6. The molecule has 0 bridgehead atoms. The van der Waals surface area contributed by atoms with Crippen molar-refractivity contribution in [1.29, 1.82) is 0 Å². The molecule has 0 aliphatic rings. The van der Waals surface area contributed by atoms with E-state index in [0.29, 0.717) is 0 Å². The van der Waals surface area contributed by atoms with Crippen LogP contribution in [0, 0.1) is 0 Å². The Morgan fingerprint density at radius 1 is 0.367 bits per heavy atom. The highest BCUT2D eigenvalue weighted by atomic mass is 19.4. The van der Waals surface area contributed by atoms with Crippen LogP contribution < -0.4 is 0 Å². The molecule has 20 heteroatoms. The average molecular weight is 500 g/mol. The molecule has 0 aromatic rings. The van der Waals surface area contributed by atoms with Crippen molar-refractivity contribution in [1.82, 2.24) is 0 Å². The summed E-state index contributed by atoms with van der Waals surface area (Å²) in [6, 6.07) is 0. The Balaban J connectivity index is 0. The smallest absolute Gasteiger partial charge is 0.390 e. The molecular weight excluding hydrogens is 494 g/mol. The standard InChI is InChI=1S/C8H3F15O.C2H3F3O/c9-2(10,1-24)3(11,12)4(13,14)5(15,16)6(17,18)7(19,20)8(21,22)23;3-2(4,5)1-6/h24H,1H2;6H,1H2. The minimum atomic E-state index is -8.30. The molecular formula is C10H6F18O2. The fourth-order valence-electron chi connectivity index (χ4n) is 1.10. The molecule has 0 aliphatic carbocycles. The SMILES string of the molecule is OCC(F)(F)C(F)(F)C(F)(F)C(F)(F)C(F)(F)C(F)(F)C(F)(F)F.OCC(F)(F)F. The summed E-state index contributed by atoms with van der Waals surface area (Å²) in [4.78, 5) is 0. The fraction of sp³-hybridized carbons (Fsp3) is 1.00. The summed E-state index contributed by atoms with van der Waals surface area (Å²) in [5, 5.41) is 15.0. The second-order valence-electron chi connectivity index (χ2n) is 5.01. The molecule has 0 heterocycles. The lowest BCUT2D eigenvalue weighted by Gasteiger charge is -2.41. The molecule has 0 aromatic carbocycles. The Morgan fingerprint density at radius 3 is 0.800 bits per heavy atom. The lowest BCUT2D eigenvalue weighted by Crippen LogP contribution is -2.72. The zero-order chi connectivity index (χ0) is 25.4. The van der Waals surface area contributed by atoms with E-state index in [1.165, 1.54) is 0 Å². The van der Waals surface area contributed by atoms with E-state index in [1.807, 2.05) is 0 Å². The maximum absolute atomic E-state index is 12.8. The van der Waals surface area contributed by atoms with Crippen molar-refractivity contribution < 1.29 is 89.2 Å². The summed E-state index contributed by atoms with van der Waals surface area (Å²) in [5.41, 5.74) is 0. The molecule has 0 radical (unpaired) electrons. The van der Waals surface area contributed by atoms with Gasteiger partial charge in [0.1, 0.15) is 13.2 Å². The predicted molar refractivity (Wildman–Crippen MR) is 56.0 cm³/mol. The monoisotopic (exact) mass is 500 g/mol. The minimum absolute atomic E-state index is 1.73. The highest BCUT2D eigenvalue weighted by Gasteiger charge is 2.93. The van der Waals surface area contributed by atoms with Crippen molar-refractivity contribution in [2.75, 3.05) is 13.2 Å². The van der Waals surface area contributed by atoms with Crippen LogP contribution in [0.15, 0.2) is 0 Å². The molecule has 0 saturated heterocycles. The molecule has 0 atom stereocenters. The van der Waals surface area contributed by atoms with E-state index in [1.54, 1.807) is 0 Å². The first-order chi connectivity index (χ1) is 12.6. The molecule has 2 nitrogen and oxygen atoms in total. The highest BCUT2D eigenvalue weighted by Crippen LogP contribution is 2.62. The van der Waals surface area contributed by atoms with E-state index in [2.05, 4.69) is 0 Å². The van der Waals surface area contributed by atoms with Crippen LogP contribution in [-0.4, -0.2) is 71.3 Å². The van der Waals surface area contributed by atoms with Crippen LogP contribution in [0.1, 0.15) is 0 Å². The summed E-state index contributed by atoms with van der Waals surface area (Å²) in [5.74, 6) is -46.9. The van der Waals surface area contributed by atoms with Gasteiger partial charge in [-0.25, -0.2) is 0 Å². The van der Waals surface area contributed by atoms with Gasteiger partial charge in [0.15, 0.2) is 0 Å². The summed E-state index contributed by atoms with van der Waals surface area (Å²) in [7, 11) is 0. The summed E-state index contributed by atoms with van der Waals surface area (Å²) < 4.78 is 218. The lowest BCUT2D eigenvalue weighted by molar-refractivity contribution is -0.453. The lowest BCUT2D eigenvalue weighted by atomic mass is 9.91. The molecule has 184 valence electrons. The quantitative estimate of drug-likeness (QED) is 0.511. The average Bonchev–Trinajstić information content (AvgIpc) is 2.52. The van der Waals surface area contributed by atoms with Crippen LogP contribution in [0.5, 0.6) is 0 Å². The topological polar surface area (TPSA) is 40.5 Å². The fourth-order valence-corrected chi connectivity index (χ4v) is 1.10. The Bertz CT molecular complexity index is 558. The largest absolute Gasteiger partial charge is 0.460 e. The molecule has 0 spiro atoms. The van der Waals surface area contributed by atoms with E-state index >= 15 is 0 Å². The van der Waals surface area contributed by atoms with Crippen LogP contribution in [0.25, 0.3) is 0 Å². The summed E-state index contributed by atoms with van der Waals surface area (Å²) in [6.45, 7) is -5.07. The molecule has 30 heavy (non-hydrogen) atoms. The van der Waals surface area contributed by atoms with Crippen LogP contribution in [0.3, 0.4) is 0 Å². The number of halogens is 18. The van der Waals surface area contributed by atoms with E-state index < -0.39 is 61.1 Å². The van der Waals surface area contributed by atoms with Crippen molar-refractivity contribution in [3.63, 3.8) is 0 Å². The first-order valence-corrected chi connectivity index (χ1v) is 6.24. The highest BCUT2D eigenvalue weighted by molar-refractivity contribution is 5.12. The molecule has 0 aromatic heterocycles. The number of aliphatic hydroxyl groups is 2. The van der Waals surface area contributed by atoms with Crippen LogP contribution in [0.4, 0.5) is 79.0 Å². The van der Waals surface area contributed by atoms with Crippen LogP contribution in [-0.2, 0) is 0 Å². The third-order valence-corrected chi connectivity index (χ3v) is 2.77. The van der Waals surface area contributed by atoms with Gasteiger partial charge in [0.25, 0.3) is 0 Å². The van der Waals surface area contributed by atoms with E-state index in [4.69, 9.17) is 10.2 Å². The van der Waals surface area contributed by atoms with Gasteiger partial charge < -0.3 is 10.2 Å². The van der Waals surface area contributed by atoms with Crippen molar-refractivity contribution in [2.24, 2.45) is 0 Å².